The summed E-state index contributed by atoms with van der Waals surface area (Å²) in [5.74, 6) is 0.0850. The first kappa shape index (κ1) is 22.0. The number of nitrogens with one attached hydrogen (secondary N) is 1. The van der Waals surface area contributed by atoms with Crippen LogP contribution < -0.4 is 11.1 Å². The van der Waals surface area contributed by atoms with E-state index in [4.69, 9.17) is 10.5 Å². The molecule has 1 aliphatic rings. The molecule has 0 spiro atoms. The van der Waals surface area contributed by atoms with E-state index in [0.29, 0.717) is 43.0 Å². The van der Waals surface area contributed by atoms with Gasteiger partial charge in [-0.3, -0.25) is 4.79 Å². The van der Waals surface area contributed by atoms with Crippen molar-refractivity contribution >= 4 is 60.8 Å². The summed E-state index contributed by atoms with van der Waals surface area (Å²) < 4.78 is 32.3. The highest BCUT2D eigenvalue weighted by Gasteiger charge is 2.26. The van der Waals surface area contributed by atoms with Crippen LogP contribution >= 0.6 is 23.1 Å². The van der Waals surface area contributed by atoms with Crippen LogP contribution in [0.1, 0.15) is 6.92 Å². The molecular weight excluding hydrogens is 458 g/mol. The molecule has 3 aromatic rings. The molecule has 9 nitrogen and oxygen atoms in total. The van der Waals surface area contributed by atoms with E-state index in [1.54, 1.807) is 19.1 Å². The molecule has 1 saturated heterocycles. The fraction of sp³-hybridized carbons (Fsp3) is 0.316. The summed E-state index contributed by atoms with van der Waals surface area (Å²) in [4.78, 5) is 22.3. The van der Waals surface area contributed by atoms with Gasteiger partial charge in [0.15, 0.2) is 5.16 Å². The Labute approximate surface area is 188 Å². The van der Waals surface area contributed by atoms with E-state index in [1.165, 1.54) is 39.5 Å². The Morgan fingerprint density at radius 2 is 2.06 bits per heavy atom. The Balaban J connectivity index is 1.45. The molecule has 12 heteroatoms. The van der Waals surface area contributed by atoms with Gasteiger partial charge in [0.25, 0.3) is 0 Å². The van der Waals surface area contributed by atoms with Crippen LogP contribution in [0.2, 0.25) is 0 Å². The van der Waals surface area contributed by atoms with Crippen molar-refractivity contribution in [3.05, 3.63) is 35.7 Å². The average molecular weight is 480 g/mol. The third-order valence-corrected chi connectivity index (χ3v) is 8.36. The van der Waals surface area contributed by atoms with Crippen molar-refractivity contribution in [2.45, 2.75) is 22.2 Å². The van der Waals surface area contributed by atoms with Gasteiger partial charge in [0.2, 0.25) is 15.9 Å². The van der Waals surface area contributed by atoms with E-state index in [0.717, 1.165) is 10.2 Å². The molecule has 31 heavy (non-hydrogen) atoms. The summed E-state index contributed by atoms with van der Waals surface area (Å²) in [6.07, 6.45) is 0. The maximum atomic E-state index is 12.8. The van der Waals surface area contributed by atoms with Crippen molar-refractivity contribution in [2.75, 3.05) is 37.4 Å². The summed E-state index contributed by atoms with van der Waals surface area (Å²) in [6, 6.07) is 8.10. The van der Waals surface area contributed by atoms with Gasteiger partial charge in [-0.05, 0) is 36.6 Å². The first-order valence-corrected chi connectivity index (χ1v) is 12.7. The zero-order valence-electron chi connectivity index (χ0n) is 16.6. The number of amides is 1. The van der Waals surface area contributed by atoms with E-state index in [1.807, 2.05) is 11.4 Å². The van der Waals surface area contributed by atoms with Crippen LogP contribution in [0.15, 0.2) is 45.8 Å². The van der Waals surface area contributed by atoms with Crippen molar-refractivity contribution in [1.29, 1.82) is 0 Å². The lowest BCUT2D eigenvalue weighted by molar-refractivity contribution is -0.115. The molecular formula is C19H21N5O4S3. The Morgan fingerprint density at radius 1 is 1.29 bits per heavy atom. The quantitative estimate of drug-likeness (QED) is 0.408. The van der Waals surface area contributed by atoms with Crippen molar-refractivity contribution in [3.8, 4) is 0 Å². The van der Waals surface area contributed by atoms with Crippen molar-refractivity contribution < 1.29 is 17.9 Å². The molecule has 3 N–H and O–H groups in total. The molecule has 1 aromatic carbocycles. The highest BCUT2D eigenvalue weighted by atomic mass is 32.2. The number of aromatic nitrogens is 2. The minimum absolute atomic E-state index is 0.131. The van der Waals surface area contributed by atoms with E-state index in [9.17, 15) is 13.2 Å². The Morgan fingerprint density at radius 3 is 2.84 bits per heavy atom. The molecule has 1 atom stereocenters. The topological polar surface area (TPSA) is 128 Å². The number of sulfonamides is 1. The first-order chi connectivity index (χ1) is 14.8. The summed E-state index contributed by atoms with van der Waals surface area (Å²) in [7, 11) is -3.65. The molecule has 0 aliphatic carbocycles. The van der Waals surface area contributed by atoms with Gasteiger partial charge in [0.05, 0.1) is 28.7 Å². The lowest BCUT2D eigenvalue weighted by Crippen LogP contribution is -2.40. The van der Waals surface area contributed by atoms with E-state index < -0.39 is 15.3 Å². The normalized spacial score (nSPS) is 16.3. The van der Waals surface area contributed by atoms with E-state index in [2.05, 4.69) is 15.3 Å². The second-order valence-corrected chi connectivity index (χ2v) is 11.0. The number of carbonyl (C=O) groups is 1. The zero-order chi connectivity index (χ0) is 22.0. The lowest BCUT2D eigenvalue weighted by atomic mass is 10.3. The van der Waals surface area contributed by atoms with Gasteiger partial charge in [-0.25, -0.2) is 18.4 Å². The second kappa shape index (κ2) is 9.09. The molecule has 164 valence electrons. The monoisotopic (exact) mass is 479 g/mol. The number of ether oxygens (including phenoxy) is 1. The highest BCUT2D eigenvalue weighted by Crippen LogP contribution is 2.29. The molecule has 0 saturated carbocycles. The number of thioether (sulfide) groups is 1. The number of thiophene rings is 1. The van der Waals surface area contributed by atoms with Gasteiger partial charge in [0.1, 0.15) is 10.6 Å². The van der Waals surface area contributed by atoms with Crippen LogP contribution in [-0.4, -0.2) is 60.2 Å². The highest BCUT2D eigenvalue weighted by molar-refractivity contribution is 8.00. The standard InChI is InChI=1S/C19H21N5O4S3/c1-12(30-19-22-16(20)15-5-10-29-18(15)23-19)17(25)21-13-3-2-4-14(11-13)31(26,27)24-6-8-28-9-7-24/h2-5,10-12H,6-9H2,1H3,(H,21,25)(H2,20,22,23). The minimum atomic E-state index is -3.65. The molecule has 1 unspecified atom stereocenters. The van der Waals surface area contributed by atoms with Gasteiger partial charge in [-0.1, -0.05) is 17.8 Å². The van der Waals surface area contributed by atoms with E-state index in [-0.39, 0.29) is 10.8 Å². The number of nitrogens with zero attached hydrogens (tertiary/aromatic N) is 3. The predicted molar refractivity (Wildman–Crippen MR) is 122 cm³/mol. The summed E-state index contributed by atoms with van der Waals surface area (Å²) >= 11 is 2.64. The summed E-state index contributed by atoms with van der Waals surface area (Å²) in [5.41, 5.74) is 6.37. The van der Waals surface area contributed by atoms with Crippen LogP contribution in [0, 0.1) is 0 Å². The number of nitrogen functional groups attached to an aromatic ring is 1. The number of benzene rings is 1. The number of anilines is 2. The third kappa shape index (κ3) is 4.83. The predicted octanol–water partition coefficient (Wildman–Crippen LogP) is 2.41. The van der Waals surface area contributed by atoms with E-state index >= 15 is 0 Å². The maximum absolute atomic E-state index is 12.8. The number of hydrogen-bond donors (Lipinski definition) is 2. The molecule has 1 aliphatic heterocycles. The number of nitrogens with two attached hydrogens (primary N) is 1. The van der Waals surface area contributed by atoms with Gasteiger partial charge in [0, 0.05) is 18.8 Å². The molecule has 1 fully saturated rings. The molecule has 0 radical (unpaired) electrons. The number of hydrogen-bond acceptors (Lipinski definition) is 9. The van der Waals surface area contributed by atoms with Crippen LogP contribution in [0.3, 0.4) is 0 Å². The van der Waals surface area contributed by atoms with Crippen LogP contribution in [-0.2, 0) is 19.6 Å². The first-order valence-electron chi connectivity index (χ1n) is 9.51. The Hall–Kier alpha value is -2.25. The molecule has 2 aromatic heterocycles. The molecule has 3 heterocycles. The average Bonchev–Trinajstić information content (AvgIpc) is 3.24. The van der Waals surface area contributed by atoms with Crippen molar-refractivity contribution in [1.82, 2.24) is 14.3 Å². The van der Waals surface area contributed by atoms with Crippen molar-refractivity contribution in [2.24, 2.45) is 0 Å². The fourth-order valence-corrected chi connectivity index (χ4v) is 6.10. The minimum Gasteiger partial charge on any atom is -0.383 e. The van der Waals surface area contributed by atoms with Crippen LogP contribution in [0.25, 0.3) is 10.2 Å². The molecule has 4 rings (SSSR count). The van der Waals surface area contributed by atoms with Crippen molar-refractivity contribution in [3.63, 3.8) is 0 Å². The van der Waals surface area contributed by atoms with Crippen LogP contribution in [0.5, 0.6) is 0 Å². The molecule has 0 bridgehead atoms. The summed E-state index contributed by atoms with van der Waals surface area (Å²) in [5, 5.41) is 5.35. The Bertz CT molecular complexity index is 1210. The van der Waals surface area contributed by atoms with Crippen LogP contribution in [0.4, 0.5) is 11.5 Å². The molecule has 1 amide bonds. The Kier molecular flexibility index (Phi) is 6.44. The number of rotatable bonds is 6. The zero-order valence-corrected chi connectivity index (χ0v) is 19.1. The van der Waals surface area contributed by atoms with Gasteiger partial charge in [-0.2, -0.15) is 4.31 Å². The third-order valence-electron chi connectivity index (χ3n) is 4.69. The number of carbonyl (C=O) groups excluding carboxylic acids is 1. The number of morpholine rings is 1. The summed E-state index contributed by atoms with van der Waals surface area (Å²) in [6.45, 7) is 3.09. The van der Waals surface area contributed by atoms with Gasteiger partial charge < -0.3 is 15.8 Å². The largest absolute Gasteiger partial charge is 0.383 e. The SMILES string of the molecule is CC(Sc1nc(N)c2ccsc2n1)C(=O)Nc1cccc(S(=O)(=O)N2CCOCC2)c1. The van der Waals surface area contributed by atoms with Gasteiger partial charge in [-0.15, -0.1) is 11.3 Å². The smallest absolute Gasteiger partial charge is 0.243 e. The lowest BCUT2D eigenvalue weighted by Gasteiger charge is -2.26. The second-order valence-electron chi connectivity index (χ2n) is 6.82. The number of fused-ring (bicyclic) bond motifs is 1. The van der Waals surface area contributed by atoms with Gasteiger partial charge >= 0.3 is 0 Å². The fourth-order valence-electron chi connectivity index (χ4n) is 3.04. The maximum Gasteiger partial charge on any atom is 0.243 e.